The zero-order chi connectivity index (χ0) is 14.4. The Morgan fingerprint density at radius 2 is 1.85 bits per heavy atom. The topological polar surface area (TPSA) is 82.8 Å². The lowest BCUT2D eigenvalue weighted by atomic mass is 10.2. The van der Waals surface area contributed by atoms with Gasteiger partial charge in [-0.1, -0.05) is 0 Å². The van der Waals surface area contributed by atoms with Gasteiger partial charge in [0.05, 0.1) is 26.5 Å². The number of nitrogens with two attached hydrogens (primary N) is 1. The summed E-state index contributed by atoms with van der Waals surface area (Å²) < 4.78 is 15.8. The summed E-state index contributed by atoms with van der Waals surface area (Å²) in [5.41, 5.74) is 6.19. The minimum atomic E-state index is -0.731. The third-order valence-corrected chi connectivity index (χ3v) is 3.07. The minimum absolute atomic E-state index is 0. The third kappa shape index (κ3) is 4.82. The van der Waals surface area contributed by atoms with E-state index in [4.69, 9.17) is 19.9 Å². The van der Waals surface area contributed by atoms with Crippen LogP contribution in [0, 0.1) is 0 Å². The fraction of sp³-hybridized carbons (Fsp3) is 0.417. The monoisotopic (exact) mass is 368 g/mol. The average molecular weight is 370 g/mol. The second kappa shape index (κ2) is 9.02. The number of carbonyl (C=O) groups is 1. The Labute approximate surface area is 132 Å². The first-order valence-corrected chi connectivity index (χ1v) is 6.29. The Hall–Kier alpha value is -1.02. The van der Waals surface area contributed by atoms with E-state index in [1.807, 2.05) is 0 Å². The molecule has 0 aliphatic heterocycles. The highest BCUT2D eigenvalue weighted by atomic mass is 79.9. The third-order valence-electron chi connectivity index (χ3n) is 2.41. The van der Waals surface area contributed by atoms with Crippen molar-refractivity contribution in [1.29, 1.82) is 0 Å². The molecule has 1 atom stereocenters. The molecule has 0 saturated carbocycles. The molecule has 0 bridgehead atoms. The number of carbonyl (C=O) groups excluding carboxylic acids is 1. The lowest BCUT2D eigenvalue weighted by Gasteiger charge is -2.15. The van der Waals surface area contributed by atoms with Crippen molar-refractivity contribution in [3.8, 4) is 11.5 Å². The number of methoxy groups -OCH3 is 3. The number of benzene rings is 1. The molecule has 6 nitrogen and oxygen atoms in total. The van der Waals surface area contributed by atoms with E-state index in [1.165, 1.54) is 21.3 Å². The van der Waals surface area contributed by atoms with Crippen molar-refractivity contribution in [2.24, 2.45) is 5.73 Å². The molecule has 0 aliphatic rings. The molecule has 0 aliphatic carbocycles. The van der Waals surface area contributed by atoms with Crippen molar-refractivity contribution >= 4 is 39.9 Å². The van der Waals surface area contributed by atoms with Crippen molar-refractivity contribution in [3.05, 3.63) is 16.6 Å². The number of ether oxygens (including phenoxy) is 3. The van der Waals surface area contributed by atoms with Crippen LogP contribution < -0.4 is 20.5 Å². The average Bonchev–Trinajstić information content (AvgIpc) is 2.40. The van der Waals surface area contributed by atoms with E-state index in [1.54, 1.807) is 12.1 Å². The molecule has 0 spiro atoms. The van der Waals surface area contributed by atoms with Crippen LogP contribution in [0.4, 0.5) is 5.69 Å². The normalized spacial score (nSPS) is 11.2. The Bertz CT molecular complexity index is 459. The summed E-state index contributed by atoms with van der Waals surface area (Å²) in [6.07, 6.45) is 0. The Balaban J connectivity index is 0.00000361. The Morgan fingerprint density at radius 3 is 2.35 bits per heavy atom. The maximum Gasteiger partial charge on any atom is 0.243 e. The van der Waals surface area contributed by atoms with E-state index in [-0.39, 0.29) is 24.9 Å². The van der Waals surface area contributed by atoms with Gasteiger partial charge in [0.15, 0.2) is 11.5 Å². The van der Waals surface area contributed by atoms with Crippen molar-refractivity contribution in [3.63, 3.8) is 0 Å². The first kappa shape index (κ1) is 19.0. The molecular weight excluding hydrogens is 351 g/mol. The van der Waals surface area contributed by atoms with Crippen LogP contribution in [0.25, 0.3) is 0 Å². The summed E-state index contributed by atoms with van der Waals surface area (Å²) in [5.74, 6) is 0.740. The van der Waals surface area contributed by atoms with Gasteiger partial charge in [0.2, 0.25) is 5.91 Å². The summed E-state index contributed by atoms with van der Waals surface area (Å²) in [7, 11) is 4.55. The number of amides is 1. The highest BCUT2D eigenvalue weighted by Gasteiger charge is 2.16. The predicted octanol–water partition coefficient (Wildman–Crippen LogP) is 1.80. The van der Waals surface area contributed by atoms with Crippen LogP contribution in [-0.4, -0.2) is 39.9 Å². The Morgan fingerprint density at radius 1 is 1.30 bits per heavy atom. The number of nitrogens with one attached hydrogen (secondary N) is 1. The first-order valence-electron chi connectivity index (χ1n) is 5.50. The van der Waals surface area contributed by atoms with E-state index in [0.717, 1.165) is 0 Å². The second-order valence-corrected chi connectivity index (χ2v) is 4.59. The summed E-state index contributed by atoms with van der Waals surface area (Å²) in [6, 6.07) is 2.63. The fourth-order valence-electron chi connectivity index (χ4n) is 1.43. The van der Waals surface area contributed by atoms with Crippen LogP contribution in [0.2, 0.25) is 0 Å². The van der Waals surface area contributed by atoms with E-state index >= 15 is 0 Å². The number of halogens is 2. The number of rotatable bonds is 6. The molecule has 3 N–H and O–H groups in total. The summed E-state index contributed by atoms with van der Waals surface area (Å²) in [6.45, 7) is 0.150. The molecule has 1 aromatic carbocycles. The molecule has 1 rings (SSSR count). The number of hydrogen-bond acceptors (Lipinski definition) is 5. The van der Waals surface area contributed by atoms with Crippen molar-refractivity contribution in [2.75, 3.05) is 33.3 Å². The minimum Gasteiger partial charge on any atom is -0.493 e. The highest BCUT2D eigenvalue weighted by molar-refractivity contribution is 9.10. The van der Waals surface area contributed by atoms with Crippen LogP contribution >= 0.6 is 28.3 Å². The largest absolute Gasteiger partial charge is 0.493 e. The van der Waals surface area contributed by atoms with Crippen LogP contribution in [0.3, 0.4) is 0 Å². The van der Waals surface area contributed by atoms with Gasteiger partial charge in [0.1, 0.15) is 6.04 Å². The SMILES string of the molecule is COCC(N)C(=O)Nc1cc(OC)c(OC)cc1Br.Cl. The van der Waals surface area contributed by atoms with Gasteiger partial charge in [-0.2, -0.15) is 0 Å². The van der Waals surface area contributed by atoms with Gasteiger partial charge in [-0.15, -0.1) is 12.4 Å². The molecule has 1 unspecified atom stereocenters. The molecule has 0 aromatic heterocycles. The van der Waals surface area contributed by atoms with Gasteiger partial charge in [-0.05, 0) is 15.9 Å². The lowest BCUT2D eigenvalue weighted by Crippen LogP contribution is -2.39. The van der Waals surface area contributed by atoms with E-state index in [9.17, 15) is 4.79 Å². The zero-order valence-corrected chi connectivity index (χ0v) is 13.8. The van der Waals surface area contributed by atoms with Crippen molar-refractivity contribution < 1.29 is 19.0 Å². The molecule has 0 fully saturated rings. The first-order chi connectivity index (χ1) is 9.03. The second-order valence-electron chi connectivity index (χ2n) is 3.74. The van der Waals surface area contributed by atoms with Gasteiger partial charge in [0, 0.05) is 23.7 Å². The Kier molecular flexibility index (Phi) is 8.56. The molecule has 0 saturated heterocycles. The van der Waals surface area contributed by atoms with Gasteiger partial charge < -0.3 is 25.3 Å². The molecule has 0 heterocycles. The van der Waals surface area contributed by atoms with Gasteiger partial charge in [-0.3, -0.25) is 4.79 Å². The molecule has 114 valence electrons. The van der Waals surface area contributed by atoms with Crippen LogP contribution in [-0.2, 0) is 9.53 Å². The van der Waals surface area contributed by atoms with Crippen molar-refractivity contribution in [1.82, 2.24) is 0 Å². The summed E-state index contributed by atoms with van der Waals surface area (Å²) in [5, 5.41) is 2.69. The lowest BCUT2D eigenvalue weighted by molar-refractivity contribution is -0.118. The van der Waals surface area contributed by atoms with E-state index in [2.05, 4.69) is 21.2 Å². The zero-order valence-electron chi connectivity index (χ0n) is 11.4. The molecular formula is C12H18BrClN2O4. The number of hydrogen-bond donors (Lipinski definition) is 2. The molecule has 1 aromatic rings. The smallest absolute Gasteiger partial charge is 0.243 e. The van der Waals surface area contributed by atoms with Gasteiger partial charge in [0.25, 0.3) is 0 Å². The molecule has 0 radical (unpaired) electrons. The maximum atomic E-state index is 11.8. The van der Waals surface area contributed by atoms with Crippen molar-refractivity contribution in [2.45, 2.75) is 6.04 Å². The predicted molar refractivity (Wildman–Crippen MR) is 83.0 cm³/mol. The van der Waals surface area contributed by atoms with E-state index in [0.29, 0.717) is 21.7 Å². The van der Waals surface area contributed by atoms with Gasteiger partial charge in [-0.25, -0.2) is 0 Å². The maximum absolute atomic E-state index is 11.8. The van der Waals surface area contributed by atoms with Crippen LogP contribution in [0.5, 0.6) is 11.5 Å². The fourth-order valence-corrected chi connectivity index (χ4v) is 1.85. The van der Waals surface area contributed by atoms with E-state index < -0.39 is 6.04 Å². The van der Waals surface area contributed by atoms with Gasteiger partial charge >= 0.3 is 0 Å². The summed E-state index contributed by atoms with van der Waals surface area (Å²) >= 11 is 3.35. The quantitative estimate of drug-likeness (QED) is 0.799. The summed E-state index contributed by atoms with van der Waals surface area (Å²) in [4.78, 5) is 11.8. The van der Waals surface area contributed by atoms with Crippen LogP contribution in [0.1, 0.15) is 0 Å². The van der Waals surface area contributed by atoms with Crippen LogP contribution in [0.15, 0.2) is 16.6 Å². The molecule has 1 amide bonds. The standard InChI is InChI=1S/C12H17BrN2O4.ClH/c1-17-6-8(14)12(16)15-9-5-11(19-3)10(18-2)4-7(9)13;/h4-5,8H,6,14H2,1-3H3,(H,15,16);1H. The number of anilines is 1. The highest BCUT2D eigenvalue weighted by Crippen LogP contribution is 2.36. The molecule has 20 heavy (non-hydrogen) atoms. The molecule has 8 heteroatoms.